The molecule has 1 fully saturated rings. The molecule has 2 heterocycles. The lowest BCUT2D eigenvalue weighted by molar-refractivity contribution is 0.102. The summed E-state index contributed by atoms with van der Waals surface area (Å²) in [7, 11) is 0. The van der Waals surface area contributed by atoms with Crippen LogP contribution in [0, 0.1) is 0 Å². The van der Waals surface area contributed by atoms with Crippen LogP contribution in [0.15, 0.2) is 65.1 Å². The quantitative estimate of drug-likeness (QED) is 0.446. The number of likely N-dealkylation sites (tertiary alicyclic amines) is 1. The number of nitrogens with zero attached hydrogens (tertiary/aromatic N) is 1. The Hall–Kier alpha value is -1.95. The van der Waals surface area contributed by atoms with Crippen LogP contribution in [-0.4, -0.2) is 23.9 Å². The van der Waals surface area contributed by atoms with E-state index in [9.17, 15) is 4.79 Å². The van der Waals surface area contributed by atoms with Gasteiger partial charge in [0.15, 0.2) is 0 Å². The summed E-state index contributed by atoms with van der Waals surface area (Å²) in [6.07, 6.45) is 3.42. The molecule has 4 rings (SSSR count). The summed E-state index contributed by atoms with van der Waals surface area (Å²) in [5.41, 5.74) is 3.16. The molecular weight excluding hydrogens is 444 g/mol. The van der Waals surface area contributed by atoms with Crippen LogP contribution in [0.25, 0.3) is 0 Å². The minimum atomic E-state index is -0.0488. The number of halogens is 1. The van der Waals surface area contributed by atoms with E-state index in [1.165, 1.54) is 28.8 Å². The van der Waals surface area contributed by atoms with Crippen LogP contribution in [0.2, 0.25) is 0 Å². The van der Waals surface area contributed by atoms with Gasteiger partial charge in [0.25, 0.3) is 5.91 Å². The summed E-state index contributed by atoms with van der Waals surface area (Å²) in [5, 5.41) is 4.18. The molecule has 3 nitrogen and oxygen atoms in total. The zero-order valence-corrected chi connectivity index (χ0v) is 18.9. The van der Waals surface area contributed by atoms with E-state index >= 15 is 0 Å². The first-order valence-electron chi connectivity index (χ1n) is 10.1. The van der Waals surface area contributed by atoms with Crippen LogP contribution in [0.1, 0.15) is 52.2 Å². The van der Waals surface area contributed by atoms with Gasteiger partial charge in [-0.3, -0.25) is 9.69 Å². The molecule has 1 atom stereocenters. The van der Waals surface area contributed by atoms with Gasteiger partial charge in [-0.15, -0.1) is 11.3 Å². The fourth-order valence-corrected chi connectivity index (χ4v) is 5.22. The third kappa shape index (κ3) is 4.63. The van der Waals surface area contributed by atoms with Crippen LogP contribution in [-0.2, 0) is 6.42 Å². The molecule has 0 bridgehead atoms. The monoisotopic (exact) mass is 468 g/mol. The molecule has 0 radical (unpaired) electrons. The van der Waals surface area contributed by atoms with Crippen LogP contribution >= 0.6 is 27.3 Å². The molecule has 1 aliphatic rings. The van der Waals surface area contributed by atoms with Crippen LogP contribution < -0.4 is 5.32 Å². The third-order valence-electron chi connectivity index (χ3n) is 5.41. The maximum atomic E-state index is 12.9. The number of thiophene rings is 1. The number of hydrogen-bond acceptors (Lipinski definition) is 3. The minimum absolute atomic E-state index is 0.0488. The first-order valence-corrected chi connectivity index (χ1v) is 11.7. The van der Waals surface area contributed by atoms with Crippen molar-refractivity contribution in [2.24, 2.45) is 0 Å². The summed E-state index contributed by atoms with van der Waals surface area (Å²) in [5.74, 6) is -0.0488. The number of aryl methyl sites for hydroxylation is 1. The smallest absolute Gasteiger partial charge is 0.256 e. The fourth-order valence-electron chi connectivity index (χ4n) is 3.93. The molecule has 1 aliphatic heterocycles. The molecule has 2 aromatic carbocycles. The second kappa shape index (κ2) is 9.24. The molecule has 5 heteroatoms. The normalized spacial score (nSPS) is 15.4. The lowest BCUT2D eigenvalue weighted by Gasteiger charge is -2.28. The number of hydrogen-bond donors (Lipinski definition) is 1. The van der Waals surface area contributed by atoms with Crippen molar-refractivity contribution in [3.63, 3.8) is 0 Å². The van der Waals surface area contributed by atoms with Crippen molar-refractivity contribution in [1.82, 2.24) is 4.90 Å². The number of anilines is 1. The van der Waals surface area contributed by atoms with E-state index in [2.05, 4.69) is 63.4 Å². The molecule has 0 saturated carbocycles. The van der Waals surface area contributed by atoms with Gasteiger partial charge in [0.1, 0.15) is 5.00 Å². The Morgan fingerprint density at radius 2 is 1.79 bits per heavy atom. The van der Waals surface area contributed by atoms with Crippen molar-refractivity contribution < 1.29 is 4.79 Å². The van der Waals surface area contributed by atoms with E-state index in [0.717, 1.165) is 29.0 Å². The first kappa shape index (κ1) is 20.3. The number of carbonyl (C=O) groups excluding carboxylic acids is 1. The van der Waals surface area contributed by atoms with Crippen LogP contribution in [0.3, 0.4) is 0 Å². The van der Waals surface area contributed by atoms with Gasteiger partial charge in [0.2, 0.25) is 0 Å². The molecule has 1 aromatic heterocycles. The van der Waals surface area contributed by atoms with Gasteiger partial charge in [0.05, 0.1) is 6.04 Å². The van der Waals surface area contributed by atoms with E-state index in [0.29, 0.717) is 5.56 Å². The van der Waals surface area contributed by atoms with Gasteiger partial charge in [-0.2, -0.15) is 0 Å². The number of rotatable bonds is 6. The Balaban J connectivity index is 1.73. The first-order chi connectivity index (χ1) is 14.2. The lowest BCUT2D eigenvalue weighted by Crippen LogP contribution is -2.27. The molecule has 1 N–H and O–H groups in total. The van der Waals surface area contributed by atoms with E-state index < -0.39 is 0 Å². The van der Waals surface area contributed by atoms with E-state index in [-0.39, 0.29) is 11.9 Å². The van der Waals surface area contributed by atoms with Gasteiger partial charge in [-0.1, -0.05) is 53.2 Å². The maximum Gasteiger partial charge on any atom is 0.256 e. The van der Waals surface area contributed by atoms with E-state index in [1.54, 1.807) is 11.3 Å². The van der Waals surface area contributed by atoms with Crippen LogP contribution in [0.5, 0.6) is 0 Å². The summed E-state index contributed by atoms with van der Waals surface area (Å²) >= 11 is 5.25. The number of amides is 1. The fraction of sp³-hybridized carbons (Fsp3) is 0.292. The Bertz CT molecular complexity index is 962. The molecule has 150 valence electrons. The second-order valence-electron chi connectivity index (χ2n) is 7.37. The highest BCUT2D eigenvalue weighted by molar-refractivity contribution is 9.10. The standard InChI is InChI=1S/C24H25BrN2OS/c1-2-20-16-21(24(29-20)26-23(28)18-8-4-3-5-9-18)22(27-14-6-7-15-27)17-10-12-19(25)13-11-17/h3-5,8-13,16,22H,2,6-7,14-15H2,1H3,(H,26,28). The van der Waals surface area contributed by atoms with Crippen molar-refractivity contribution in [1.29, 1.82) is 0 Å². The molecule has 3 aromatic rings. The zero-order valence-electron chi connectivity index (χ0n) is 16.5. The largest absolute Gasteiger partial charge is 0.313 e. The lowest BCUT2D eigenvalue weighted by atomic mass is 9.98. The average molecular weight is 469 g/mol. The minimum Gasteiger partial charge on any atom is -0.313 e. The third-order valence-corrected chi connectivity index (χ3v) is 7.15. The number of benzene rings is 2. The molecule has 1 saturated heterocycles. The highest BCUT2D eigenvalue weighted by Gasteiger charge is 2.29. The Morgan fingerprint density at radius 3 is 2.45 bits per heavy atom. The number of nitrogens with one attached hydrogen (secondary N) is 1. The van der Waals surface area contributed by atoms with Gasteiger partial charge in [0, 0.05) is 20.5 Å². The van der Waals surface area contributed by atoms with Crippen molar-refractivity contribution in [2.45, 2.75) is 32.2 Å². The molecule has 1 unspecified atom stereocenters. The molecule has 0 spiro atoms. The SMILES string of the molecule is CCc1cc(C(c2ccc(Br)cc2)N2CCCC2)c(NC(=O)c2ccccc2)s1. The van der Waals surface area contributed by atoms with Gasteiger partial charge >= 0.3 is 0 Å². The van der Waals surface area contributed by atoms with E-state index in [1.807, 2.05) is 30.3 Å². The number of carbonyl (C=O) groups is 1. The topological polar surface area (TPSA) is 32.3 Å². The van der Waals surface area contributed by atoms with Gasteiger partial charge in [-0.25, -0.2) is 0 Å². The predicted octanol–water partition coefficient (Wildman–Crippen LogP) is 6.51. The molecule has 1 amide bonds. The van der Waals surface area contributed by atoms with Gasteiger partial charge < -0.3 is 5.32 Å². The molecule has 29 heavy (non-hydrogen) atoms. The van der Waals surface area contributed by atoms with Crippen molar-refractivity contribution in [2.75, 3.05) is 18.4 Å². The molecule has 0 aliphatic carbocycles. The van der Waals surface area contributed by atoms with Crippen molar-refractivity contribution in [3.8, 4) is 0 Å². The Morgan fingerprint density at radius 1 is 1.10 bits per heavy atom. The zero-order chi connectivity index (χ0) is 20.2. The second-order valence-corrected chi connectivity index (χ2v) is 9.42. The maximum absolute atomic E-state index is 12.9. The van der Waals surface area contributed by atoms with E-state index in [4.69, 9.17) is 0 Å². The van der Waals surface area contributed by atoms with Crippen molar-refractivity contribution in [3.05, 3.63) is 86.7 Å². The highest BCUT2D eigenvalue weighted by Crippen LogP contribution is 2.41. The van der Waals surface area contributed by atoms with Crippen molar-refractivity contribution >= 4 is 38.2 Å². The highest BCUT2D eigenvalue weighted by atomic mass is 79.9. The summed E-state index contributed by atoms with van der Waals surface area (Å²) < 4.78 is 1.08. The predicted molar refractivity (Wildman–Crippen MR) is 125 cm³/mol. The Labute approximate surface area is 184 Å². The average Bonchev–Trinajstić information content (AvgIpc) is 3.41. The summed E-state index contributed by atoms with van der Waals surface area (Å²) in [6, 6.07) is 20.5. The summed E-state index contributed by atoms with van der Waals surface area (Å²) in [6.45, 7) is 4.34. The van der Waals surface area contributed by atoms with Gasteiger partial charge in [-0.05, 0) is 68.2 Å². The van der Waals surface area contributed by atoms with Crippen LogP contribution in [0.4, 0.5) is 5.00 Å². The Kier molecular flexibility index (Phi) is 6.48. The molecular formula is C24H25BrN2OS. The summed E-state index contributed by atoms with van der Waals surface area (Å²) in [4.78, 5) is 16.7.